The number of halogens is 1. The highest BCUT2D eigenvalue weighted by atomic mass is 32.2. The summed E-state index contributed by atoms with van der Waals surface area (Å²) in [5.41, 5.74) is 1.10. The number of methoxy groups -OCH3 is 1. The minimum absolute atomic E-state index is 0.134. The zero-order chi connectivity index (χ0) is 16.4. The molecular weight excluding hydrogens is 317 g/mol. The molecule has 1 aliphatic heterocycles. The van der Waals surface area contributed by atoms with Gasteiger partial charge in [0.25, 0.3) is 0 Å². The van der Waals surface area contributed by atoms with E-state index >= 15 is 0 Å². The van der Waals surface area contributed by atoms with Crippen molar-refractivity contribution in [3.8, 4) is 5.75 Å². The van der Waals surface area contributed by atoms with Gasteiger partial charge in [-0.2, -0.15) is 4.31 Å². The molecule has 0 saturated carbocycles. The minimum Gasteiger partial charge on any atom is -0.497 e. The van der Waals surface area contributed by atoms with Crippen molar-refractivity contribution in [2.75, 3.05) is 20.2 Å². The van der Waals surface area contributed by atoms with Gasteiger partial charge >= 0.3 is 0 Å². The second-order valence-electron chi connectivity index (χ2n) is 5.58. The van der Waals surface area contributed by atoms with Crippen LogP contribution in [0.1, 0.15) is 17.9 Å². The Labute approximate surface area is 135 Å². The van der Waals surface area contributed by atoms with Crippen LogP contribution in [0.15, 0.2) is 53.4 Å². The third-order valence-electron chi connectivity index (χ3n) is 4.19. The summed E-state index contributed by atoms with van der Waals surface area (Å²) in [4.78, 5) is 0.134. The second kappa shape index (κ2) is 6.29. The largest absolute Gasteiger partial charge is 0.497 e. The lowest BCUT2D eigenvalue weighted by atomic mass is 9.99. The van der Waals surface area contributed by atoms with Gasteiger partial charge in [0, 0.05) is 13.1 Å². The van der Waals surface area contributed by atoms with E-state index in [2.05, 4.69) is 0 Å². The van der Waals surface area contributed by atoms with Gasteiger partial charge in [-0.15, -0.1) is 0 Å². The molecule has 1 heterocycles. The highest BCUT2D eigenvalue weighted by Crippen LogP contribution is 2.31. The highest BCUT2D eigenvalue weighted by Gasteiger charge is 2.33. The Balaban J connectivity index is 1.77. The molecule has 0 spiro atoms. The molecule has 1 fully saturated rings. The lowest BCUT2D eigenvalue weighted by Crippen LogP contribution is -2.28. The SMILES string of the molecule is COc1ccc(C2CCN(S(=O)(=O)c3ccc(F)cc3)C2)cc1. The molecule has 1 unspecified atom stereocenters. The molecule has 4 nitrogen and oxygen atoms in total. The van der Waals surface area contributed by atoms with Crippen LogP contribution in [0.5, 0.6) is 5.75 Å². The molecule has 3 rings (SSSR count). The minimum atomic E-state index is -3.57. The molecule has 1 aliphatic rings. The Kier molecular flexibility index (Phi) is 4.37. The molecule has 0 bridgehead atoms. The first-order chi connectivity index (χ1) is 11.0. The van der Waals surface area contributed by atoms with Crippen LogP contribution in [0.25, 0.3) is 0 Å². The summed E-state index contributed by atoms with van der Waals surface area (Å²) in [5, 5.41) is 0. The molecule has 0 N–H and O–H groups in total. The molecule has 0 aromatic heterocycles. The molecule has 2 aromatic carbocycles. The van der Waals surface area contributed by atoms with Crippen molar-refractivity contribution in [2.45, 2.75) is 17.2 Å². The fourth-order valence-electron chi connectivity index (χ4n) is 2.85. The first kappa shape index (κ1) is 16.0. The molecule has 1 saturated heterocycles. The predicted octanol–water partition coefficient (Wildman–Crippen LogP) is 3.01. The standard InChI is InChI=1S/C17H18FNO3S/c1-22-16-6-2-13(3-7-16)14-10-11-19(12-14)23(20,21)17-8-4-15(18)5-9-17/h2-9,14H,10-12H2,1H3. The van der Waals surface area contributed by atoms with Crippen molar-refractivity contribution in [1.29, 1.82) is 0 Å². The van der Waals surface area contributed by atoms with Gasteiger partial charge in [0.05, 0.1) is 12.0 Å². The van der Waals surface area contributed by atoms with Crippen molar-refractivity contribution >= 4 is 10.0 Å². The first-order valence-electron chi connectivity index (χ1n) is 7.40. The van der Waals surface area contributed by atoms with E-state index in [0.717, 1.165) is 17.7 Å². The van der Waals surface area contributed by atoms with Crippen LogP contribution in [0, 0.1) is 5.82 Å². The maximum Gasteiger partial charge on any atom is 0.243 e. The highest BCUT2D eigenvalue weighted by molar-refractivity contribution is 7.89. The van der Waals surface area contributed by atoms with Crippen molar-refractivity contribution in [3.05, 3.63) is 59.9 Å². The molecule has 0 radical (unpaired) electrons. The van der Waals surface area contributed by atoms with Gasteiger partial charge in [0.2, 0.25) is 10.0 Å². The number of nitrogens with zero attached hydrogens (tertiary/aromatic N) is 1. The van der Waals surface area contributed by atoms with Crippen LogP contribution in [0.3, 0.4) is 0 Å². The first-order valence-corrected chi connectivity index (χ1v) is 8.84. The van der Waals surface area contributed by atoms with Gasteiger partial charge in [-0.1, -0.05) is 12.1 Å². The molecule has 1 atom stereocenters. The maximum atomic E-state index is 13.0. The van der Waals surface area contributed by atoms with Crippen molar-refractivity contribution in [2.24, 2.45) is 0 Å². The van der Waals surface area contributed by atoms with E-state index in [1.54, 1.807) is 7.11 Å². The summed E-state index contributed by atoms with van der Waals surface area (Å²) in [7, 11) is -1.95. The molecular formula is C17H18FNO3S. The number of ether oxygens (including phenoxy) is 1. The number of benzene rings is 2. The van der Waals surface area contributed by atoms with Crippen LogP contribution in [-0.2, 0) is 10.0 Å². The topological polar surface area (TPSA) is 46.6 Å². The summed E-state index contributed by atoms with van der Waals surface area (Å²) in [5.74, 6) is 0.500. The predicted molar refractivity (Wildman–Crippen MR) is 85.5 cm³/mol. The van der Waals surface area contributed by atoms with Gasteiger partial charge in [0.1, 0.15) is 11.6 Å². The number of hydrogen-bond donors (Lipinski definition) is 0. The average molecular weight is 335 g/mol. The number of hydrogen-bond acceptors (Lipinski definition) is 3. The van der Waals surface area contributed by atoms with Crippen LogP contribution < -0.4 is 4.74 Å². The Bertz CT molecular complexity index is 772. The summed E-state index contributed by atoms with van der Waals surface area (Å²) < 4.78 is 44.8. The van der Waals surface area contributed by atoms with Crippen LogP contribution in [-0.4, -0.2) is 32.9 Å². The molecule has 122 valence electrons. The van der Waals surface area contributed by atoms with Gasteiger partial charge < -0.3 is 4.74 Å². The average Bonchev–Trinajstić information content (AvgIpc) is 3.06. The van der Waals surface area contributed by atoms with Gasteiger partial charge in [0.15, 0.2) is 0 Å². The van der Waals surface area contributed by atoms with Crippen LogP contribution in [0.4, 0.5) is 4.39 Å². The lowest BCUT2D eigenvalue weighted by molar-refractivity contribution is 0.414. The van der Waals surface area contributed by atoms with E-state index in [1.165, 1.54) is 28.6 Å². The molecule has 23 heavy (non-hydrogen) atoms. The quantitative estimate of drug-likeness (QED) is 0.863. The number of rotatable bonds is 4. The third-order valence-corrected chi connectivity index (χ3v) is 6.07. The molecule has 6 heteroatoms. The Morgan fingerprint density at radius 3 is 2.35 bits per heavy atom. The fourth-order valence-corrected chi connectivity index (χ4v) is 4.35. The summed E-state index contributed by atoms with van der Waals surface area (Å²) >= 11 is 0. The Morgan fingerprint density at radius 1 is 1.09 bits per heavy atom. The van der Waals surface area contributed by atoms with E-state index in [9.17, 15) is 12.8 Å². The van der Waals surface area contributed by atoms with Crippen LogP contribution in [0.2, 0.25) is 0 Å². The van der Waals surface area contributed by atoms with Crippen molar-refractivity contribution < 1.29 is 17.5 Å². The summed E-state index contributed by atoms with van der Waals surface area (Å²) in [6.07, 6.45) is 0.771. The van der Waals surface area contributed by atoms with E-state index in [1.807, 2.05) is 24.3 Å². The summed E-state index contributed by atoms with van der Waals surface area (Å²) in [6, 6.07) is 12.7. The van der Waals surface area contributed by atoms with Gasteiger partial charge in [-0.25, -0.2) is 12.8 Å². The zero-order valence-electron chi connectivity index (χ0n) is 12.8. The fraction of sp³-hybridized carbons (Fsp3) is 0.294. The Morgan fingerprint density at radius 2 is 1.74 bits per heavy atom. The van der Waals surface area contributed by atoms with Crippen molar-refractivity contribution in [3.63, 3.8) is 0 Å². The Hall–Kier alpha value is -1.92. The van der Waals surface area contributed by atoms with E-state index in [0.29, 0.717) is 13.1 Å². The van der Waals surface area contributed by atoms with Gasteiger partial charge in [-0.05, 0) is 54.3 Å². The number of sulfonamides is 1. The van der Waals surface area contributed by atoms with Crippen LogP contribution >= 0.6 is 0 Å². The zero-order valence-corrected chi connectivity index (χ0v) is 13.6. The smallest absolute Gasteiger partial charge is 0.243 e. The monoisotopic (exact) mass is 335 g/mol. The van der Waals surface area contributed by atoms with Crippen molar-refractivity contribution in [1.82, 2.24) is 4.31 Å². The third kappa shape index (κ3) is 3.23. The molecule has 0 aliphatic carbocycles. The molecule has 0 amide bonds. The summed E-state index contributed by atoms with van der Waals surface area (Å²) in [6.45, 7) is 0.905. The maximum absolute atomic E-state index is 13.0. The van der Waals surface area contributed by atoms with E-state index < -0.39 is 15.8 Å². The lowest BCUT2D eigenvalue weighted by Gasteiger charge is -2.17. The second-order valence-corrected chi connectivity index (χ2v) is 7.51. The van der Waals surface area contributed by atoms with Gasteiger partial charge in [-0.3, -0.25) is 0 Å². The van der Waals surface area contributed by atoms with E-state index in [4.69, 9.17) is 4.74 Å². The normalized spacial score (nSPS) is 19.0. The van der Waals surface area contributed by atoms with E-state index in [-0.39, 0.29) is 10.8 Å². The molecule has 2 aromatic rings.